The SMILES string of the molecule is C=C(CC(C(C)=N)C(C)C)C(=C)c1ccccc1. The van der Waals surface area contributed by atoms with E-state index in [-0.39, 0.29) is 5.92 Å². The van der Waals surface area contributed by atoms with Crippen molar-refractivity contribution in [2.45, 2.75) is 27.2 Å². The van der Waals surface area contributed by atoms with Gasteiger partial charge in [-0.3, -0.25) is 0 Å². The lowest BCUT2D eigenvalue weighted by Gasteiger charge is -2.22. The number of benzene rings is 1. The van der Waals surface area contributed by atoms with Gasteiger partial charge in [0.25, 0.3) is 0 Å². The van der Waals surface area contributed by atoms with Gasteiger partial charge in [-0.2, -0.15) is 0 Å². The zero-order valence-corrected chi connectivity index (χ0v) is 11.7. The van der Waals surface area contributed by atoms with Gasteiger partial charge >= 0.3 is 0 Å². The van der Waals surface area contributed by atoms with Crippen molar-refractivity contribution in [1.82, 2.24) is 0 Å². The van der Waals surface area contributed by atoms with Gasteiger partial charge in [-0.15, -0.1) is 0 Å². The van der Waals surface area contributed by atoms with Gasteiger partial charge in [0.1, 0.15) is 0 Å². The molecule has 1 N–H and O–H groups in total. The molecule has 1 heteroatoms. The summed E-state index contributed by atoms with van der Waals surface area (Å²) in [6.45, 7) is 14.5. The van der Waals surface area contributed by atoms with Crippen molar-refractivity contribution in [3.05, 3.63) is 54.6 Å². The Labute approximate surface area is 111 Å². The third kappa shape index (κ3) is 3.69. The van der Waals surface area contributed by atoms with Gasteiger partial charge in [0, 0.05) is 11.6 Å². The predicted molar refractivity (Wildman–Crippen MR) is 81.0 cm³/mol. The first-order valence-electron chi connectivity index (χ1n) is 6.41. The van der Waals surface area contributed by atoms with Crippen LogP contribution in [-0.2, 0) is 0 Å². The Morgan fingerprint density at radius 1 is 1.17 bits per heavy atom. The number of hydrogen-bond donors (Lipinski definition) is 1. The second-order valence-corrected chi connectivity index (χ2v) is 5.19. The summed E-state index contributed by atoms with van der Waals surface area (Å²) in [6, 6.07) is 10.1. The lowest BCUT2D eigenvalue weighted by molar-refractivity contribution is 0.490. The Morgan fingerprint density at radius 2 is 1.72 bits per heavy atom. The lowest BCUT2D eigenvalue weighted by atomic mass is 9.83. The fraction of sp³-hybridized carbons (Fsp3) is 0.353. The average molecular weight is 241 g/mol. The molecule has 1 unspecified atom stereocenters. The van der Waals surface area contributed by atoms with Gasteiger partial charge in [0.15, 0.2) is 0 Å². The molecule has 18 heavy (non-hydrogen) atoms. The standard InChI is InChI=1S/C17H23N/c1-12(2)17(15(5)18)11-13(3)14(4)16-9-7-6-8-10-16/h6-10,12,17-18H,3-4,11H2,1-2,5H3. The molecule has 0 aromatic heterocycles. The quantitative estimate of drug-likeness (QED) is 0.538. The molecule has 0 saturated carbocycles. The van der Waals surface area contributed by atoms with Crippen molar-refractivity contribution in [2.24, 2.45) is 11.8 Å². The lowest BCUT2D eigenvalue weighted by Crippen LogP contribution is -2.17. The minimum Gasteiger partial charge on any atom is -0.310 e. The third-order valence-electron chi connectivity index (χ3n) is 3.38. The van der Waals surface area contributed by atoms with Crippen LogP contribution in [0.15, 0.2) is 49.1 Å². The van der Waals surface area contributed by atoms with E-state index in [0.717, 1.165) is 28.8 Å². The van der Waals surface area contributed by atoms with E-state index in [1.807, 2.05) is 25.1 Å². The molecular weight excluding hydrogens is 218 g/mol. The minimum absolute atomic E-state index is 0.262. The second kappa shape index (κ2) is 6.34. The van der Waals surface area contributed by atoms with Crippen LogP contribution in [0.25, 0.3) is 5.57 Å². The molecule has 0 aliphatic rings. The van der Waals surface area contributed by atoms with Gasteiger partial charge < -0.3 is 5.41 Å². The maximum absolute atomic E-state index is 7.85. The number of hydrogen-bond acceptors (Lipinski definition) is 1. The van der Waals surface area contributed by atoms with Crippen LogP contribution >= 0.6 is 0 Å². The highest BCUT2D eigenvalue weighted by Crippen LogP contribution is 2.28. The molecule has 1 nitrogen and oxygen atoms in total. The molecule has 0 bridgehead atoms. The first-order chi connectivity index (χ1) is 8.43. The summed E-state index contributed by atoms with van der Waals surface area (Å²) in [5.74, 6) is 0.723. The Hall–Kier alpha value is -1.63. The van der Waals surface area contributed by atoms with Crippen molar-refractivity contribution in [1.29, 1.82) is 5.41 Å². The van der Waals surface area contributed by atoms with Crippen LogP contribution in [0.4, 0.5) is 0 Å². The van der Waals surface area contributed by atoms with Gasteiger partial charge in [0.05, 0.1) is 0 Å². The van der Waals surface area contributed by atoms with Crippen molar-refractivity contribution in [3.63, 3.8) is 0 Å². The molecule has 0 aliphatic heterocycles. The molecule has 0 spiro atoms. The molecule has 0 radical (unpaired) electrons. The summed E-state index contributed by atoms with van der Waals surface area (Å²) in [4.78, 5) is 0. The van der Waals surface area contributed by atoms with Gasteiger partial charge in [-0.25, -0.2) is 0 Å². The highest BCUT2D eigenvalue weighted by Gasteiger charge is 2.18. The molecular formula is C17H23N. The monoisotopic (exact) mass is 241 g/mol. The Bertz CT molecular complexity index is 440. The van der Waals surface area contributed by atoms with E-state index in [2.05, 4.69) is 39.1 Å². The van der Waals surface area contributed by atoms with E-state index in [1.165, 1.54) is 0 Å². The minimum atomic E-state index is 0.262. The summed E-state index contributed by atoms with van der Waals surface area (Å²) in [7, 11) is 0. The molecule has 1 aromatic carbocycles. The van der Waals surface area contributed by atoms with E-state index in [0.29, 0.717) is 5.92 Å². The molecule has 1 rings (SSSR count). The Kier molecular flexibility index (Phi) is 5.08. The highest BCUT2D eigenvalue weighted by atomic mass is 14.4. The predicted octanol–water partition coefficient (Wildman–Crippen LogP) is 4.96. The van der Waals surface area contributed by atoms with Crippen LogP contribution in [0.2, 0.25) is 0 Å². The summed E-state index contributed by atoms with van der Waals surface area (Å²) < 4.78 is 0. The van der Waals surface area contributed by atoms with E-state index in [4.69, 9.17) is 5.41 Å². The van der Waals surface area contributed by atoms with Crippen LogP contribution in [-0.4, -0.2) is 5.71 Å². The van der Waals surface area contributed by atoms with Crippen molar-refractivity contribution < 1.29 is 0 Å². The summed E-state index contributed by atoms with van der Waals surface area (Å²) >= 11 is 0. The summed E-state index contributed by atoms with van der Waals surface area (Å²) in [5.41, 5.74) is 3.87. The van der Waals surface area contributed by atoms with Crippen molar-refractivity contribution in [3.8, 4) is 0 Å². The summed E-state index contributed by atoms with van der Waals surface area (Å²) in [5, 5.41) is 7.85. The zero-order chi connectivity index (χ0) is 13.7. The van der Waals surface area contributed by atoms with Crippen LogP contribution in [0.1, 0.15) is 32.8 Å². The molecule has 0 amide bonds. The smallest absolute Gasteiger partial charge is 0.00949 e. The Morgan fingerprint density at radius 3 is 2.17 bits per heavy atom. The largest absolute Gasteiger partial charge is 0.310 e. The van der Waals surface area contributed by atoms with Crippen molar-refractivity contribution in [2.75, 3.05) is 0 Å². The molecule has 0 heterocycles. The first kappa shape index (κ1) is 14.4. The van der Waals surface area contributed by atoms with Crippen LogP contribution in [0.5, 0.6) is 0 Å². The van der Waals surface area contributed by atoms with E-state index in [1.54, 1.807) is 0 Å². The fourth-order valence-corrected chi connectivity index (χ4v) is 2.12. The molecule has 0 fully saturated rings. The molecule has 96 valence electrons. The summed E-state index contributed by atoms with van der Waals surface area (Å²) in [6.07, 6.45) is 0.820. The number of nitrogens with one attached hydrogen (secondary N) is 1. The van der Waals surface area contributed by atoms with Gasteiger partial charge in [-0.1, -0.05) is 57.3 Å². The van der Waals surface area contributed by atoms with E-state index >= 15 is 0 Å². The topological polar surface area (TPSA) is 23.9 Å². The highest BCUT2D eigenvalue weighted by molar-refractivity contribution is 5.83. The Balaban J connectivity index is 2.77. The fourth-order valence-electron chi connectivity index (χ4n) is 2.12. The van der Waals surface area contributed by atoms with E-state index < -0.39 is 0 Å². The van der Waals surface area contributed by atoms with Crippen molar-refractivity contribution >= 4 is 11.3 Å². The molecule has 0 saturated heterocycles. The zero-order valence-electron chi connectivity index (χ0n) is 11.7. The maximum Gasteiger partial charge on any atom is 0.00949 e. The van der Waals surface area contributed by atoms with Crippen LogP contribution in [0.3, 0.4) is 0 Å². The van der Waals surface area contributed by atoms with Crippen LogP contribution in [0, 0.1) is 17.2 Å². The molecule has 0 aliphatic carbocycles. The number of allylic oxidation sites excluding steroid dienone is 2. The number of rotatable bonds is 6. The van der Waals surface area contributed by atoms with E-state index in [9.17, 15) is 0 Å². The third-order valence-corrected chi connectivity index (χ3v) is 3.38. The molecule has 1 atom stereocenters. The average Bonchev–Trinajstić information content (AvgIpc) is 2.35. The van der Waals surface area contributed by atoms with Crippen LogP contribution < -0.4 is 0 Å². The normalized spacial score (nSPS) is 12.2. The second-order valence-electron chi connectivity index (χ2n) is 5.19. The van der Waals surface area contributed by atoms with Gasteiger partial charge in [-0.05, 0) is 36.0 Å². The maximum atomic E-state index is 7.85. The van der Waals surface area contributed by atoms with Gasteiger partial charge in [0.2, 0.25) is 0 Å². The molecule has 1 aromatic rings. The first-order valence-corrected chi connectivity index (χ1v) is 6.41.